The Kier molecular flexibility index (Phi) is 3.81. The van der Waals surface area contributed by atoms with Crippen molar-refractivity contribution >= 4 is 5.82 Å². The maximum Gasteiger partial charge on any atom is 0.133 e. The van der Waals surface area contributed by atoms with Crippen LogP contribution in [0.3, 0.4) is 0 Å². The molecule has 96 valence electrons. The molecular weight excluding hydrogens is 224 g/mol. The lowest BCUT2D eigenvalue weighted by molar-refractivity contribution is 0.730. The molecule has 1 aliphatic carbocycles. The fraction of sp³-hybridized carbons (Fsp3) is 0.643. The summed E-state index contributed by atoms with van der Waals surface area (Å²) in [4.78, 5) is 11.4. The summed E-state index contributed by atoms with van der Waals surface area (Å²) in [5.41, 5.74) is 1.01. The highest BCUT2D eigenvalue weighted by atomic mass is 15.2. The van der Waals surface area contributed by atoms with Gasteiger partial charge in [-0.25, -0.2) is 9.97 Å². The van der Waals surface area contributed by atoms with Crippen molar-refractivity contribution < 1.29 is 0 Å². The van der Waals surface area contributed by atoms with Gasteiger partial charge in [0.15, 0.2) is 0 Å². The third kappa shape index (κ3) is 2.98. The van der Waals surface area contributed by atoms with Crippen LogP contribution in [0.5, 0.6) is 0 Å². The van der Waals surface area contributed by atoms with Gasteiger partial charge in [-0.1, -0.05) is 13.8 Å². The lowest BCUT2D eigenvalue weighted by atomic mass is 10.2. The fourth-order valence-electron chi connectivity index (χ4n) is 2.02. The Morgan fingerprint density at radius 1 is 1.44 bits per heavy atom. The average Bonchev–Trinajstić information content (AvgIpc) is 3.13. The Labute approximate surface area is 109 Å². The Morgan fingerprint density at radius 2 is 2.17 bits per heavy atom. The van der Waals surface area contributed by atoms with Crippen molar-refractivity contribution in [1.29, 1.82) is 5.26 Å². The van der Waals surface area contributed by atoms with E-state index in [0.717, 1.165) is 23.9 Å². The fourth-order valence-corrected chi connectivity index (χ4v) is 2.02. The second-order valence-electron chi connectivity index (χ2n) is 5.21. The molecule has 0 saturated heterocycles. The average molecular weight is 244 g/mol. The molecule has 1 aromatic rings. The van der Waals surface area contributed by atoms with Gasteiger partial charge >= 0.3 is 0 Å². The summed E-state index contributed by atoms with van der Waals surface area (Å²) in [6.07, 6.45) is 2.98. The van der Waals surface area contributed by atoms with Gasteiger partial charge in [-0.3, -0.25) is 0 Å². The van der Waals surface area contributed by atoms with Crippen LogP contribution in [-0.2, 0) is 0 Å². The summed E-state index contributed by atoms with van der Waals surface area (Å²) < 4.78 is 0. The van der Waals surface area contributed by atoms with Crippen LogP contribution in [0.2, 0.25) is 0 Å². The van der Waals surface area contributed by atoms with E-state index in [0.29, 0.717) is 18.4 Å². The van der Waals surface area contributed by atoms with Crippen LogP contribution in [-0.4, -0.2) is 22.6 Å². The molecule has 4 nitrogen and oxygen atoms in total. The molecule has 1 heterocycles. The maximum atomic E-state index is 8.75. The van der Waals surface area contributed by atoms with Crippen molar-refractivity contribution in [3.05, 3.63) is 17.6 Å². The lowest BCUT2D eigenvalue weighted by Crippen LogP contribution is -2.28. The van der Waals surface area contributed by atoms with E-state index in [-0.39, 0.29) is 0 Å². The van der Waals surface area contributed by atoms with Gasteiger partial charge in [0.05, 0.1) is 12.5 Å². The summed E-state index contributed by atoms with van der Waals surface area (Å²) in [6, 6.07) is 4.82. The van der Waals surface area contributed by atoms with Crippen LogP contribution >= 0.6 is 0 Å². The number of hydrogen-bond acceptors (Lipinski definition) is 4. The van der Waals surface area contributed by atoms with Crippen molar-refractivity contribution in [3.63, 3.8) is 0 Å². The second kappa shape index (κ2) is 5.34. The van der Waals surface area contributed by atoms with E-state index in [2.05, 4.69) is 34.8 Å². The molecule has 1 aliphatic rings. The first kappa shape index (κ1) is 12.8. The zero-order valence-corrected chi connectivity index (χ0v) is 11.3. The lowest BCUT2D eigenvalue weighted by Gasteiger charge is -2.23. The molecule has 0 radical (unpaired) electrons. The first-order valence-electron chi connectivity index (χ1n) is 6.61. The molecule has 0 unspecified atom stereocenters. The van der Waals surface area contributed by atoms with Crippen molar-refractivity contribution in [3.8, 4) is 6.07 Å². The highest BCUT2D eigenvalue weighted by Gasteiger charge is 2.30. The van der Waals surface area contributed by atoms with Gasteiger partial charge in [0.1, 0.15) is 11.6 Å². The van der Waals surface area contributed by atoms with E-state index in [1.807, 2.05) is 13.0 Å². The standard InChI is InChI=1S/C14H20N4/c1-10(2)14-16-11(3)9-13(17-14)18(8-4-7-15)12-5-6-12/h9-10,12H,4-6,8H2,1-3H3. The van der Waals surface area contributed by atoms with Gasteiger partial charge in [-0.2, -0.15) is 5.26 Å². The van der Waals surface area contributed by atoms with E-state index in [4.69, 9.17) is 5.26 Å². The first-order valence-corrected chi connectivity index (χ1v) is 6.61. The minimum absolute atomic E-state index is 0.334. The van der Waals surface area contributed by atoms with Crippen LogP contribution in [0.15, 0.2) is 6.07 Å². The zero-order chi connectivity index (χ0) is 13.1. The molecule has 0 N–H and O–H groups in total. The molecule has 2 rings (SSSR count). The largest absolute Gasteiger partial charge is 0.352 e. The summed E-state index contributed by atoms with van der Waals surface area (Å²) in [6.45, 7) is 6.99. The molecule has 0 atom stereocenters. The number of hydrogen-bond donors (Lipinski definition) is 0. The topological polar surface area (TPSA) is 52.8 Å². The Bertz CT molecular complexity index is 457. The predicted octanol–water partition coefficient (Wildman–Crippen LogP) is 2.79. The number of anilines is 1. The number of nitrogens with zero attached hydrogens (tertiary/aromatic N) is 4. The number of rotatable bonds is 5. The van der Waals surface area contributed by atoms with Gasteiger partial charge in [-0.15, -0.1) is 0 Å². The van der Waals surface area contributed by atoms with Gasteiger partial charge in [0.2, 0.25) is 0 Å². The molecule has 1 saturated carbocycles. The molecular formula is C14H20N4. The summed E-state index contributed by atoms with van der Waals surface area (Å²) in [7, 11) is 0. The molecule has 1 fully saturated rings. The van der Waals surface area contributed by atoms with Crippen molar-refractivity contribution in [2.75, 3.05) is 11.4 Å². The predicted molar refractivity (Wildman–Crippen MR) is 71.5 cm³/mol. The van der Waals surface area contributed by atoms with Crippen LogP contribution in [0.4, 0.5) is 5.82 Å². The van der Waals surface area contributed by atoms with E-state index in [1.54, 1.807) is 0 Å². The van der Waals surface area contributed by atoms with Crippen molar-refractivity contribution in [2.24, 2.45) is 0 Å². The number of nitriles is 1. The van der Waals surface area contributed by atoms with Crippen LogP contribution in [0.1, 0.15) is 50.5 Å². The van der Waals surface area contributed by atoms with E-state index < -0.39 is 0 Å². The molecule has 4 heteroatoms. The SMILES string of the molecule is Cc1cc(N(CCC#N)C2CC2)nc(C(C)C)n1. The van der Waals surface area contributed by atoms with Crippen LogP contribution in [0, 0.1) is 18.3 Å². The van der Waals surface area contributed by atoms with Gasteiger partial charge in [0, 0.05) is 30.3 Å². The molecule has 18 heavy (non-hydrogen) atoms. The summed E-state index contributed by atoms with van der Waals surface area (Å²) >= 11 is 0. The number of aromatic nitrogens is 2. The second-order valence-corrected chi connectivity index (χ2v) is 5.21. The first-order chi connectivity index (χ1) is 8.61. The minimum Gasteiger partial charge on any atom is -0.352 e. The number of aryl methyl sites for hydroxylation is 1. The summed E-state index contributed by atoms with van der Waals surface area (Å²) in [5.74, 6) is 2.22. The van der Waals surface area contributed by atoms with Gasteiger partial charge in [-0.05, 0) is 19.8 Å². The molecule has 0 aliphatic heterocycles. The quantitative estimate of drug-likeness (QED) is 0.799. The minimum atomic E-state index is 0.334. The Hall–Kier alpha value is -1.63. The molecule has 0 bridgehead atoms. The van der Waals surface area contributed by atoms with E-state index in [9.17, 15) is 0 Å². The van der Waals surface area contributed by atoms with Crippen LogP contribution < -0.4 is 4.90 Å². The van der Waals surface area contributed by atoms with Crippen molar-refractivity contribution in [1.82, 2.24) is 9.97 Å². The monoisotopic (exact) mass is 244 g/mol. The molecule has 1 aromatic heterocycles. The molecule has 0 aromatic carbocycles. The maximum absolute atomic E-state index is 8.75. The smallest absolute Gasteiger partial charge is 0.133 e. The van der Waals surface area contributed by atoms with Crippen LogP contribution in [0.25, 0.3) is 0 Å². The van der Waals surface area contributed by atoms with E-state index >= 15 is 0 Å². The highest BCUT2D eigenvalue weighted by Crippen LogP contribution is 2.31. The van der Waals surface area contributed by atoms with Crippen molar-refractivity contribution in [2.45, 2.75) is 52.0 Å². The van der Waals surface area contributed by atoms with Gasteiger partial charge in [0.25, 0.3) is 0 Å². The zero-order valence-electron chi connectivity index (χ0n) is 11.3. The molecule has 0 amide bonds. The van der Waals surface area contributed by atoms with E-state index in [1.165, 1.54) is 12.8 Å². The normalized spacial score (nSPS) is 14.6. The third-order valence-corrected chi connectivity index (χ3v) is 3.12. The molecule has 0 spiro atoms. The summed E-state index contributed by atoms with van der Waals surface area (Å²) in [5, 5.41) is 8.75. The Morgan fingerprint density at radius 3 is 2.72 bits per heavy atom. The third-order valence-electron chi connectivity index (χ3n) is 3.12. The van der Waals surface area contributed by atoms with Gasteiger partial charge < -0.3 is 4.90 Å². The highest BCUT2D eigenvalue weighted by molar-refractivity contribution is 5.43. The Balaban J connectivity index is 2.26.